The maximum absolute atomic E-state index is 5.60. The van der Waals surface area contributed by atoms with Crippen molar-refractivity contribution in [1.82, 2.24) is 30.0 Å². The van der Waals surface area contributed by atoms with Crippen LogP contribution in [0.5, 0.6) is 0 Å². The van der Waals surface area contributed by atoms with E-state index < -0.39 is 0 Å². The lowest BCUT2D eigenvalue weighted by atomic mass is 10.2. The van der Waals surface area contributed by atoms with E-state index >= 15 is 0 Å². The molecule has 204 valence electrons. The second-order valence-corrected chi connectivity index (χ2v) is 10.1. The highest BCUT2D eigenvalue weighted by molar-refractivity contribution is 7.80. The number of piperazine rings is 1. The highest BCUT2D eigenvalue weighted by Gasteiger charge is 2.21. The molecule has 1 aromatic carbocycles. The third-order valence-electron chi connectivity index (χ3n) is 6.59. The van der Waals surface area contributed by atoms with E-state index in [2.05, 4.69) is 71.7 Å². The molecule has 4 rings (SSSR count). The number of nitrogens with one attached hydrogen (secondary N) is 2. The van der Waals surface area contributed by atoms with Crippen LogP contribution in [-0.2, 0) is 4.74 Å². The van der Waals surface area contributed by atoms with Crippen LogP contribution in [0, 0.1) is 13.8 Å². The van der Waals surface area contributed by atoms with Crippen LogP contribution in [0.3, 0.4) is 0 Å². The number of thiocarbonyl (C=S) groups is 1. The molecule has 2 aromatic rings. The zero-order valence-electron chi connectivity index (χ0n) is 22.6. The molecule has 3 heterocycles. The number of aryl methyl sites for hydroxylation is 2. The van der Waals surface area contributed by atoms with E-state index in [0.717, 1.165) is 89.9 Å². The standard InChI is InChI=1S/C28H40N8OS/c1-23-22-24(2)31-26(30-23)32-27(33-28(38)29-11-7-13-35-18-20-37-21-19-35)36-16-14-34(15-17-36)12-6-10-25-8-4-3-5-9-25/h3-6,8-10,22H,7,11-21H2,1-2H3,(H2,29,30,31,32,33,38)/b10-6+. The number of guanidine groups is 1. The zero-order chi connectivity index (χ0) is 26.6. The van der Waals surface area contributed by atoms with Gasteiger partial charge in [0.15, 0.2) is 5.11 Å². The number of benzene rings is 1. The van der Waals surface area contributed by atoms with Crippen LogP contribution >= 0.6 is 12.2 Å². The maximum atomic E-state index is 5.60. The summed E-state index contributed by atoms with van der Waals surface area (Å²) in [4.78, 5) is 21.0. The Hall–Kier alpha value is -2.92. The van der Waals surface area contributed by atoms with Crippen molar-refractivity contribution in [2.75, 3.05) is 77.4 Å². The van der Waals surface area contributed by atoms with Gasteiger partial charge in [-0.05, 0) is 50.7 Å². The summed E-state index contributed by atoms with van der Waals surface area (Å²) in [5.41, 5.74) is 3.06. The van der Waals surface area contributed by atoms with Crippen LogP contribution in [-0.4, -0.2) is 108 Å². The van der Waals surface area contributed by atoms with Crippen LogP contribution in [0.2, 0.25) is 0 Å². The molecule has 1 aromatic heterocycles. The van der Waals surface area contributed by atoms with E-state index in [-0.39, 0.29) is 0 Å². The van der Waals surface area contributed by atoms with Gasteiger partial charge in [-0.3, -0.25) is 15.1 Å². The Bertz CT molecular complexity index is 1060. The van der Waals surface area contributed by atoms with Gasteiger partial charge in [0.25, 0.3) is 0 Å². The third kappa shape index (κ3) is 9.43. The number of anilines is 1. The Balaban J connectivity index is 1.32. The minimum Gasteiger partial charge on any atom is -0.379 e. The minimum atomic E-state index is 0.479. The quantitative estimate of drug-likeness (QED) is 0.229. The molecule has 10 heteroatoms. The highest BCUT2D eigenvalue weighted by atomic mass is 32.1. The number of aliphatic imine (C=N–C) groups is 1. The first-order valence-electron chi connectivity index (χ1n) is 13.5. The summed E-state index contributed by atoms with van der Waals surface area (Å²) < 4.78 is 5.43. The number of rotatable bonds is 8. The topological polar surface area (TPSA) is 81.1 Å². The Kier molecular flexibility index (Phi) is 11.0. The molecule has 0 unspecified atom stereocenters. The number of hydrogen-bond donors (Lipinski definition) is 2. The molecule has 0 atom stereocenters. The number of hydrogen-bond acceptors (Lipinski definition) is 6. The monoisotopic (exact) mass is 536 g/mol. The van der Waals surface area contributed by atoms with Crippen LogP contribution < -0.4 is 10.6 Å². The lowest BCUT2D eigenvalue weighted by molar-refractivity contribution is 0.0376. The molecule has 2 saturated heterocycles. The van der Waals surface area contributed by atoms with E-state index in [1.54, 1.807) is 0 Å². The van der Waals surface area contributed by atoms with E-state index in [0.29, 0.717) is 17.0 Å². The molecule has 2 N–H and O–H groups in total. The molecular formula is C28H40N8OS. The summed E-state index contributed by atoms with van der Waals surface area (Å²) in [7, 11) is 0. The zero-order valence-corrected chi connectivity index (χ0v) is 23.4. The molecule has 9 nitrogen and oxygen atoms in total. The molecule has 2 aliphatic rings. The third-order valence-corrected chi connectivity index (χ3v) is 6.83. The summed E-state index contributed by atoms with van der Waals surface area (Å²) in [5, 5.41) is 7.14. The number of ether oxygens (including phenoxy) is 1. The molecule has 0 spiro atoms. The average Bonchev–Trinajstić information content (AvgIpc) is 2.92. The van der Waals surface area contributed by atoms with Gasteiger partial charge in [-0.25, -0.2) is 9.97 Å². The van der Waals surface area contributed by atoms with Crippen LogP contribution in [0.15, 0.2) is 47.5 Å². The SMILES string of the molecule is Cc1cc(C)nc(N/C(=N/C(=S)NCCCN2CCOCC2)N2CCN(C/C=C/c3ccccc3)CC2)n1. The first-order chi connectivity index (χ1) is 18.5. The van der Waals surface area contributed by atoms with Crippen molar-refractivity contribution in [3.63, 3.8) is 0 Å². The van der Waals surface area contributed by atoms with Gasteiger partial charge in [-0.2, -0.15) is 4.99 Å². The second kappa shape index (κ2) is 14.9. The van der Waals surface area contributed by atoms with Crippen molar-refractivity contribution in [2.45, 2.75) is 20.3 Å². The van der Waals surface area contributed by atoms with Crippen LogP contribution in [0.25, 0.3) is 6.08 Å². The van der Waals surface area contributed by atoms with Gasteiger partial charge < -0.3 is 15.0 Å². The largest absolute Gasteiger partial charge is 0.379 e. The smallest absolute Gasteiger partial charge is 0.229 e. The Morgan fingerprint density at radius 1 is 1.00 bits per heavy atom. The molecule has 0 saturated carbocycles. The van der Waals surface area contributed by atoms with E-state index in [1.807, 2.05) is 26.0 Å². The van der Waals surface area contributed by atoms with Gasteiger partial charge in [-0.1, -0.05) is 42.5 Å². The molecular weight excluding hydrogens is 496 g/mol. The van der Waals surface area contributed by atoms with E-state index in [9.17, 15) is 0 Å². The molecule has 38 heavy (non-hydrogen) atoms. The summed E-state index contributed by atoms with van der Waals surface area (Å²) in [6.07, 6.45) is 5.42. The summed E-state index contributed by atoms with van der Waals surface area (Å²) >= 11 is 5.60. The van der Waals surface area contributed by atoms with Crippen molar-refractivity contribution in [3.05, 3.63) is 59.4 Å². The average molecular weight is 537 g/mol. The fraction of sp³-hybridized carbons (Fsp3) is 0.500. The molecule has 0 radical (unpaired) electrons. The predicted octanol–water partition coefficient (Wildman–Crippen LogP) is 2.79. The summed E-state index contributed by atoms with van der Waals surface area (Å²) in [6, 6.07) is 12.4. The molecule has 0 amide bonds. The maximum Gasteiger partial charge on any atom is 0.229 e. The van der Waals surface area contributed by atoms with E-state index in [1.165, 1.54) is 5.56 Å². The van der Waals surface area contributed by atoms with Gasteiger partial charge >= 0.3 is 0 Å². The van der Waals surface area contributed by atoms with Gasteiger partial charge in [0, 0.05) is 63.7 Å². The van der Waals surface area contributed by atoms with Gasteiger partial charge in [-0.15, -0.1) is 0 Å². The fourth-order valence-electron chi connectivity index (χ4n) is 4.56. The van der Waals surface area contributed by atoms with Crippen molar-refractivity contribution < 1.29 is 4.74 Å². The predicted molar refractivity (Wildman–Crippen MR) is 159 cm³/mol. The fourth-order valence-corrected chi connectivity index (χ4v) is 4.75. The van der Waals surface area contributed by atoms with Gasteiger partial charge in [0.05, 0.1) is 13.2 Å². The van der Waals surface area contributed by atoms with Crippen LogP contribution in [0.1, 0.15) is 23.4 Å². The summed E-state index contributed by atoms with van der Waals surface area (Å²) in [6.45, 7) is 13.9. The Labute approximate surface area is 232 Å². The van der Waals surface area contributed by atoms with Gasteiger partial charge in [0.1, 0.15) is 0 Å². The summed E-state index contributed by atoms with van der Waals surface area (Å²) in [5.74, 6) is 1.24. The molecule has 0 bridgehead atoms. The highest BCUT2D eigenvalue weighted by Crippen LogP contribution is 2.09. The minimum absolute atomic E-state index is 0.479. The Morgan fingerprint density at radius 3 is 2.42 bits per heavy atom. The molecule has 2 aliphatic heterocycles. The van der Waals surface area contributed by atoms with Crippen LogP contribution in [0.4, 0.5) is 5.95 Å². The number of nitrogens with zero attached hydrogens (tertiary/aromatic N) is 6. The number of aromatic nitrogens is 2. The molecule has 0 aliphatic carbocycles. The molecule has 2 fully saturated rings. The van der Waals surface area contributed by atoms with Crippen molar-refractivity contribution >= 4 is 35.3 Å². The second-order valence-electron chi connectivity index (χ2n) is 9.67. The first-order valence-corrected chi connectivity index (χ1v) is 13.9. The van der Waals surface area contributed by atoms with Crippen molar-refractivity contribution in [2.24, 2.45) is 4.99 Å². The lowest BCUT2D eigenvalue weighted by Crippen LogP contribution is -2.51. The van der Waals surface area contributed by atoms with E-state index in [4.69, 9.17) is 21.9 Å². The first kappa shape index (κ1) is 28.1. The normalized spacial score (nSPS) is 17.6. The van der Waals surface area contributed by atoms with Gasteiger partial charge in [0.2, 0.25) is 11.9 Å². The lowest BCUT2D eigenvalue weighted by Gasteiger charge is -2.35. The number of morpholine rings is 1. The Morgan fingerprint density at radius 2 is 1.71 bits per heavy atom. The van der Waals surface area contributed by atoms with Crippen molar-refractivity contribution in [1.29, 1.82) is 0 Å². The van der Waals surface area contributed by atoms with Crippen molar-refractivity contribution in [3.8, 4) is 0 Å².